The van der Waals surface area contributed by atoms with Crippen LogP contribution in [0.2, 0.25) is 0 Å². The first kappa shape index (κ1) is 16.6. The predicted octanol–water partition coefficient (Wildman–Crippen LogP) is 1.47. The summed E-state index contributed by atoms with van der Waals surface area (Å²) in [6.45, 7) is 4.04. The van der Waals surface area contributed by atoms with Gasteiger partial charge in [-0.25, -0.2) is 18.4 Å². The molecular formula is C15H22N4O2S. The molecule has 6 nitrogen and oxygen atoms in total. The number of aromatic nitrogens is 2. The first-order chi connectivity index (χ1) is 10.2. The Morgan fingerprint density at radius 1 is 1.23 bits per heavy atom. The third-order valence-corrected chi connectivity index (χ3v) is 5.86. The van der Waals surface area contributed by atoms with Gasteiger partial charge in [-0.15, -0.1) is 0 Å². The average molecular weight is 322 g/mol. The number of anilines is 1. The normalized spacial score (nSPS) is 15.1. The molecule has 0 aliphatic carbocycles. The highest BCUT2D eigenvalue weighted by Gasteiger charge is 2.25. The fourth-order valence-corrected chi connectivity index (χ4v) is 3.23. The zero-order valence-electron chi connectivity index (χ0n) is 13.3. The number of sulfone groups is 1. The summed E-state index contributed by atoms with van der Waals surface area (Å²) in [5, 5.41) is 0.363. The summed E-state index contributed by atoms with van der Waals surface area (Å²) in [6.07, 6.45) is 1.26. The Bertz CT molecular complexity index is 776. The van der Waals surface area contributed by atoms with Crippen LogP contribution in [0.25, 0.3) is 10.9 Å². The minimum absolute atomic E-state index is 0.147. The van der Waals surface area contributed by atoms with E-state index in [9.17, 15) is 8.42 Å². The van der Waals surface area contributed by atoms with Gasteiger partial charge < -0.3 is 5.73 Å². The van der Waals surface area contributed by atoms with Gasteiger partial charge in [-0.1, -0.05) is 12.1 Å². The Balaban J connectivity index is 2.23. The fourth-order valence-electron chi connectivity index (χ4n) is 2.30. The number of hydrogen-bond acceptors (Lipinski definition) is 6. The molecule has 2 rings (SSSR count). The van der Waals surface area contributed by atoms with Gasteiger partial charge >= 0.3 is 0 Å². The van der Waals surface area contributed by atoms with Crippen molar-refractivity contribution in [2.45, 2.75) is 31.7 Å². The van der Waals surface area contributed by atoms with E-state index in [0.717, 1.165) is 10.9 Å². The number of nitrogens with zero attached hydrogens (tertiary/aromatic N) is 3. The second-order valence-corrected chi connectivity index (χ2v) is 8.14. The van der Waals surface area contributed by atoms with Crippen molar-refractivity contribution in [3.05, 3.63) is 30.1 Å². The molecular weight excluding hydrogens is 300 g/mol. The smallest absolute Gasteiger partial charge is 0.151 e. The molecule has 0 aliphatic heterocycles. The van der Waals surface area contributed by atoms with E-state index in [0.29, 0.717) is 18.2 Å². The lowest BCUT2D eigenvalue weighted by atomic mass is 10.2. The molecule has 2 atom stereocenters. The molecule has 2 aromatic rings. The SMILES string of the molecule is CC(C(C)S(C)(=O)=O)N(C)Cc1nc(N)c2ccccc2n1. The molecule has 0 spiro atoms. The summed E-state index contributed by atoms with van der Waals surface area (Å²) in [4.78, 5) is 10.7. The fraction of sp³-hybridized carbons (Fsp3) is 0.467. The maximum absolute atomic E-state index is 11.7. The van der Waals surface area contributed by atoms with E-state index in [1.165, 1.54) is 6.26 Å². The number of para-hydroxylation sites is 1. The van der Waals surface area contributed by atoms with Gasteiger partial charge in [-0.2, -0.15) is 0 Å². The summed E-state index contributed by atoms with van der Waals surface area (Å²) in [5.41, 5.74) is 6.77. The molecule has 0 saturated heterocycles. The highest BCUT2D eigenvalue weighted by atomic mass is 32.2. The van der Waals surface area contributed by atoms with Crippen LogP contribution in [0.4, 0.5) is 5.82 Å². The van der Waals surface area contributed by atoms with Gasteiger partial charge in [0.15, 0.2) is 9.84 Å². The second kappa shape index (κ2) is 6.18. The van der Waals surface area contributed by atoms with Gasteiger partial charge in [0, 0.05) is 17.7 Å². The van der Waals surface area contributed by atoms with Crippen LogP contribution < -0.4 is 5.73 Å². The quantitative estimate of drug-likeness (QED) is 0.896. The zero-order chi connectivity index (χ0) is 16.5. The van der Waals surface area contributed by atoms with Crippen LogP contribution >= 0.6 is 0 Å². The van der Waals surface area contributed by atoms with Gasteiger partial charge in [-0.05, 0) is 33.0 Å². The number of rotatable bonds is 5. The van der Waals surface area contributed by atoms with E-state index >= 15 is 0 Å². The summed E-state index contributed by atoms with van der Waals surface area (Å²) >= 11 is 0. The first-order valence-electron chi connectivity index (χ1n) is 7.10. The Hall–Kier alpha value is -1.73. The van der Waals surface area contributed by atoms with E-state index in [-0.39, 0.29) is 6.04 Å². The predicted molar refractivity (Wildman–Crippen MR) is 89.2 cm³/mol. The Labute approximate surface area is 131 Å². The van der Waals surface area contributed by atoms with Crippen molar-refractivity contribution in [3.8, 4) is 0 Å². The van der Waals surface area contributed by atoms with Crippen LogP contribution in [-0.4, -0.2) is 47.9 Å². The summed E-state index contributed by atoms with van der Waals surface area (Å²) in [6, 6.07) is 7.41. The van der Waals surface area contributed by atoms with Crippen molar-refractivity contribution >= 4 is 26.6 Å². The van der Waals surface area contributed by atoms with Crippen molar-refractivity contribution in [1.82, 2.24) is 14.9 Å². The molecule has 0 saturated carbocycles. The van der Waals surface area contributed by atoms with Gasteiger partial charge in [0.2, 0.25) is 0 Å². The van der Waals surface area contributed by atoms with E-state index in [1.807, 2.05) is 43.1 Å². The molecule has 22 heavy (non-hydrogen) atoms. The van der Waals surface area contributed by atoms with Gasteiger partial charge in [-0.3, -0.25) is 4.90 Å². The van der Waals surface area contributed by atoms with E-state index < -0.39 is 15.1 Å². The topological polar surface area (TPSA) is 89.2 Å². The molecule has 2 unspecified atom stereocenters. The molecule has 1 heterocycles. The second-order valence-electron chi connectivity index (χ2n) is 5.73. The van der Waals surface area contributed by atoms with Gasteiger partial charge in [0.25, 0.3) is 0 Å². The lowest BCUT2D eigenvalue weighted by Gasteiger charge is -2.28. The Morgan fingerprint density at radius 2 is 1.86 bits per heavy atom. The van der Waals surface area contributed by atoms with Crippen LogP contribution in [-0.2, 0) is 16.4 Å². The van der Waals surface area contributed by atoms with E-state index in [4.69, 9.17) is 5.73 Å². The van der Waals surface area contributed by atoms with Crippen molar-refractivity contribution < 1.29 is 8.42 Å². The monoisotopic (exact) mass is 322 g/mol. The highest BCUT2D eigenvalue weighted by molar-refractivity contribution is 7.91. The standard InChI is InChI=1S/C15H22N4O2S/c1-10(11(2)22(4,20)21)19(3)9-14-17-13-8-6-5-7-12(13)15(16)18-14/h5-8,10-11H,9H2,1-4H3,(H2,16,17,18). The molecule has 0 bridgehead atoms. The van der Waals surface area contributed by atoms with E-state index in [2.05, 4.69) is 9.97 Å². The Kier molecular flexibility index (Phi) is 4.67. The largest absolute Gasteiger partial charge is 0.383 e. The lowest BCUT2D eigenvalue weighted by Crippen LogP contribution is -2.41. The van der Waals surface area contributed by atoms with Crippen molar-refractivity contribution in [3.63, 3.8) is 0 Å². The van der Waals surface area contributed by atoms with E-state index in [1.54, 1.807) is 6.92 Å². The third kappa shape index (κ3) is 3.53. The minimum Gasteiger partial charge on any atom is -0.383 e. The van der Waals surface area contributed by atoms with Crippen LogP contribution in [0, 0.1) is 0 Å². The molecule has 2 N–H and O–H groups in total. The zero-order valence-corrected chi connectivity index (χ0v) is 14.1. The third-order valence-electron chi connectivity index (χ3n) is 4.12. The summed E-state index contributed by atoms with van der Waals surface area (Å²) in [5.74, 6) is 1.03. The number of nitrogens with two attached hydrogens (primary N) is 1. The molecule has 0 fully saturated rings. The van der Waals surface area contributed by atoms with Crippen LogP contribution in [0.3, 0.4) is 0 Å². The van der Waals surface area contributed by atoms with Crippen LogP contribution in [0.15, 0.2) is 24.3 Å². The molecule has 0 amide bonds. The first-order valence-corrected chi connectivity index (χ1v) is 9.06. The van der Waals surface area contributed by atoms with Crippen molar-refractivity contribution in [2.24, 2.45) is 0 Å². The highest BCUT2D eigenvalue weighted by Crippen LogP contribution is 2.18. The van der Waals surface area contributed by atoms with Gasteiger partial charge in [0.05, 0.1) is 17.3 Å². The Morgan fingerprint density at radius 3 is 2.50 bits per heavy atom. The maximum atomic E-state index is 11.7. The van der Waals surface area contributed by atoms with Crippen LogP contribution in [0.1, 0.15) is 19.7 Å². The number of benzene rings is 1. The number of fused-ring (bicyclic) bond motifs is 1. The average Bonchev–Trinajstić information content (AvgIpc) is 2.44. The molecule has 7 heteroatoms. The maximum Gasteiger partial charge on any atom is 0.151 e. The number of nitrogen functional groups attached to an aromatic ring is 1. The molecule has 0 aliphatic rings. The minimum atomic E-state index is -3.09. The molecule has 1 aromatic heterocycles. The van der Waals surface area contributed by atoms with Crippen LogP contribution in [0.5, 0.6) is 0 Å². The molecule has 120 valence electrons. The summed E-state index contributed by atoms with van der Waals surface area (Å²) in [7, 11) is -1.23. The van der Waals surface area contributed by atoms with Crippen molar-refractivity contribution in [1.29, 1.82) is 0 Å². The molecule has 0 radical (unpaired) electrons. The van der Waals surface area contributed by atoms with Crippen molar-refractivity contribution in [2.75, 3.05) is 19.0 Å². The number of hydrogen-bond donors (Lipinski definition) is 1. The van der Waals surface area contributed by atoms with Gasteiger partial charge in [0.1, 0.15) is 11.6 Å². The molecule has 1 aromatic carbocycles. The summed E-state index contributed by atoms with van der Waals surface area (Å²) < 4.78 is 23.4. The lowest BCUT2D eigenvalue weighted by molar-refractivity contribution is 0.240.